The molecule has 1 fully saturated rings. The van der Waals surface area contributed by atoms with Gasteiger partial charge in [0.1, 0.15) is 11.7 Å². The Hall–Kier alpha value is -3.64. The highest BCUT2D eigenvalue weighted by molar-refractivity contribution is 6.32. The van der Waals surface area contributed by atoms with Crippen LogP contribution in [0.4, 0.5) is 16.4 Å². The average molecular weight is 480 g/mol. The minimum Gasteiger partial charge on any atom is -0.444 e. The number of aromatic nitrogens is 4. The van der Waals surface area contributed by atoms with Crippen molar-refractivity contribution >= 4 is 29.3 Å². The van der Waals surface area contributed by atoms with Crippen LogP contribution in [0.2, 0.25) is 5.02 Å². The number of amides is 1. The first-order valence-corrected chi connectivity index (χ1v) is 11.4. The lowest BCUT2D eigenvalue weighted by molar-refractivity contribution is 0.0185. The molecule has 1 amide bonds. The normalized spacial score (nSPS) is 14.5. The molecule has 0 atom stereocenters. The summed E-state index contributed by atoms with van der Waals surface area (Å²) < 4.78 is 7.42. The van der Waals surface area contributed by atoms with E-state index in [9.17, 15) is 4.79 Å². The van der Waals surface area contributed by atoms with Crippen molar-refractivity contribution in [2.24, 2.45) is 0 Å². The zero-order valence-electron chi connectivity index (χ0n) is 19.3. The van der Waals surface area contributed by atoms with Gasteiger partial charge in [0, 0.05) is 48.5 Å². The molecule has 0 bridgehead atoms. The molecule has 1 N–H and O–H groups in total. The van der Waals surface area contributed by atoms with Crippen LogP contribution in [-0.2, 0) is 4.74 Å². The number of nitrogens with one attached hydrogen (secondary N) is 1. The molecule has 0 unspecified atom stereocenters. The van der Waals surface area contributed by atoms with Crippen LogP contribution in [0.5, 0.6) is 0 Å². The summed E-state index contributed by atoms with van der Waals surface area (Å²) in [7, 11) is 0. The van der Waals surface area contributed by atoms with E-state index in [1.807, 2.05) is 37.7 Å². The van der Waals surface area contributed by atoms with Crippen molar-refractivity contribution in [1.82, 2.24) is 24.6 Å². The summed E-state index contributed by atoms with van der Waals surface area (Å²) >= 11 is 6.08. The fourth-order valence-corrected chi connectivity index (χ4v) is 3.90. The highest BCUT2D eigenvalue weighted by atomic mass is 35.5. The zero-order valence-corrected chi connectivity index (χ0v) is 20.1. The van der Waals surface area contributed by atoms with Crippen molar-refractivity contribution in [1.29, 1.82) is 5.26 Å². The second-order valence-electron chi connectivity index (χ2n) is 9.13. The maximum Gasteiger partial charge on any atom is 0.410 e. The van der Waals surface area contributed by atoms with Gasteiger partial charge in [-0.2, -0.15) is 10.4 Å². The van der Waals surface area contributed by atoms with Gasteiger partial charge in [-0.25, -0.2) is 14.8 Å². The molecule has 0 radical (unpaired) electrons. The van der Waals surface area contributed by atoms with Gasteiger partial charge in [-0.3, -0.25) is 4.68 Å². The first kappa shape index (κ1) is 23.5. The molecule has 34 heavy (non-hydrogen) atoms. The quantitative estimate of drug-likeness (QED) is 0.548. The van der Waals surface area contributed by atoms with Gasteiger partial charge in [-0.05, 0) is 51.8 Å². The summed E-state index contributed by atoms with van der Waals surface area (Å²) in [5.41, 5.74) is 2.38. The number of nitrogens with zero attached hydrogens (tertiary/aromatic N) is 6. The zero-order chi connectivity index (χ0) is 24.3. The Labute approximate surface area is 203 Å². The predicted octanol–water partition coefficient (Wildman–Crippen LogP) is 5.18. The van der Waals surface area contributed by atoms with E-state index in [1.165, 1.54) is 0 Å². The summed E-state index contributed by atoms with van der Waals surface area (Å²) in [4.78, 5) is 22.8. The van der Waals surface area contributed by atoms with Crippen molar-refractivity contribution < 1.29 is 9.53 Å². The third-order valence-electron chi connectivity index (χ3n) is 5.42. The van der Waals surface area contributed by atoms with E-state index >= 15 is 0 Å². The number of piperidine rings is 1. The van der Waals surface area contributed by atoms with Crippen LogP contribution < -0.4 is 5.32 Å². The predicted molar refractivity (Wildman–Crippen MR) is 129 cm³/mol. The van der Waals surface area contributed by atoms with Gasteiger partial charge < -0.3 is 15.0 Å². The fraction of sp³-hybridized carbons (Fsp3) is 0.375. The Morgan fingerprint density at radius 1 is 1.18 bits per heavy atom. The van der Waals surface area contributed by atoms with Gasteiger partial charge in [-0.1, -0.05) is 11.6 Å². The van der Waals surface area contributed by atoms with Crippen LogP contribution in [0.15, 0.2) is 43.0 Å². The number of rotatable bonds is 4. The second-order valence-corrected chi connectivity index (χ2v) is 9.54. The molecule has 4 rings (SSSR count). The van der Waals surface area contributed by atoms with Crippen molar-refractivity contribution in [3.63, 3.8) is 0 Å². The molecule has 1 aliphatic rings. The highest BCUT2D eigenvalue weighted by Crippen LogP contribution is 2.27. The molecule has 0 spiro atoms. The highest BCUT2D eigenvalue weighted by Gasteiger charge is 2.27. The van der Waals surface area contributed by atoms with E-state index in [0.717, 1.165) is 24.0 Å². The molecule has 9 nitrogen and oxygen atoms in total. The largest absolute Gasteiger partial charge is 0.444 e. The molecular formula is C24H26ClN7O2. The molecule has 3 aromatic rings. The Kier molecular flexibility index (Phi) is 6.70. The summed E-state index contributed by atoms with van der Waals surface area (Å²) in [5, 5.41) is 17.0. The van der Waals surface area contributed by atoms with Crippen LogP contribution in [0.1, 0.15) is 45.2 Å². The SMILES string of the molecule is CC(C)(C)OC(=O)N1CCC(n2cc(-c3cnc(Nc4ccc(C#N)c(Cl)c4)nc3)cn2)CC1. The lowest BCUT2D eigenvalue weighted by Crippen LogP contribution is -2.42. The van der Waals surface area contributed by atoms with Crippen LogP contribution in [0.3, 0.4) is 0 Å². The number of ether oxygens (including phenoxy) is 1. The number of halogens is 1. The van der Waals surface area contributed by atoms with Gasteiger partial charge in [0.15, 0.2) is 0 Å². The minimum atomic E-state index is -0.493. The fourth-order valence-electron chi connectivity index (χ4n) is 3.68. The molecule has 10 heteroatoms. The van der Waals surface area contributed by atoms with Crippen LogP contribution >= 0.6 is 11.6 Å². The number of likely N-dealkylation sites (tertiary alicyclic amines) is 1. The summed E-state index contributed by atoms with van der Waals surface area (Å²) in [5.74, 6) is 0.423. The lowest BCUT2D eigenvalue weighted by atomic mass is 10.1. The summed E-state index contributed by atoms with van der Waals surface area (Å²) in [6, 6.07) is 7.31. The van der Waals surface area contributed by atoms with Crippen molar-refractivity contribution in [3.8, 4) is 17.2 Å². The third kappa shape index (κ3) is 5.64. The van der Waals surface area contributed by atoms with Gasteiger partial charge >= 0.3 is 6.09 Å². The standard InChI is InChI=1S/C24H26ClN7O2/c1-24(2,3)34-23(33)31-8-6-20(7-9-31)32-15-18(14-29-32)17-12-27-22(28-13-17)30-19-5-4-16(11-26)21(25)10-19/h4-5,10,12-15,20H,6-9H2,1-3H3,(H,27,28,30). The summed E-state index contributed by atoms with van der Waals surface area (Å²) in [6.07, 6.45) is 8.60. The molecule has 0 saturated carbocycles. The van der Waals surface area contributed by atoms with E-state index in [4.69, 9.17) is 21.6 Å². The number of hydrogen-bond acceptors (Lipinski definition) is 7. The maximum absolute atomic E-state index is 12.3. The topological polar surface area (TPSA) is 109 Å². The van der Waals surface area contributed by atoms with Gasteiger partial charge in [-0.15, -0.1) is 0 Å². The molecule has 3 heterocycles. The lowest BCUT2D eigenvalue weighted by Gasteiger charge is -2.33. The molecule has 1 aliphatic heterocycles. The van der Waals surface area contributed by atoms with Crippen molar-refractivity contribution in [2.45, 2.75) is 45.3 Å². The average Bonchev–Trinajstić information content (AvgIpc) is 3.29. The number of anilines is 2. The Morgan fingerprint density at radius 2 is 1.88 bits per heavy atom. The van der Waals surface area contributed by atoms with Crippen LogP contribution in [0, 0.1) is 11.3 Å². The molecule has 1 aromatic carbocycles. The summed E-state index contributed by atoms with van der Waals surface area (Å²) in [6.45, 7) is 6.89. The Morgan fingerprint density at radius 3 is 2.50 bits per heavy atom. The maximum atomic E-state index is 12.3. The molecule has 0 aliphatic carbocycles. The molecule has 1 saturated heterocycles. The number of carbonyl (C=O) groups excluding carboxylic acids is 1. The van der Waals surface area contributed by atoms with E-state index in [1.54, 1.807) is 41.7 Å². The smallest absolute Gasteiger partial charge is 0.410 e. The number of hydrogen-bond donors (Lipinski definition) is 1. The van der Waals surface area contributed by atoms with E-state index in [0.29, 0.717) is 35.3 Å². The van der Waals surface area contributed by atoms with E-state index < -0.39 is 5.60 Å². The van der Waals surface area contributed by atoms with Gasteiger partial charge in [0.2, 0.25) is 5.95 Å². The Bertz CT molecular complexity index is 1200. The van der Waals surface area contributed by atoms with Gasteiger partial charge in [0.25, 0.3) is 0 Å². The van der Waals surface area contributed by atoms with Crippen molar-refractivity contribution in [2.75, 3.05) is 18.4 Å². The van der Waals surface area contributed by atoms with Gasteiger partial charge in [0.05, 0.1) is 22.8 Å². The van der Waals surface area contributed by atoms with Crippen molar-refractivity contribution in [3.05, 3.63) is 53.6 Å². The minimum absolute atomic E-state index is 0.218. The second kappa shape index (κ2) is 9.69. The monoisotopic (exact) mass is 479 g/mol. The number of nitriles is 1. The molecule has 2 aromatic heterocycles. The van der Waals surface area contributed by atoms with E-state index in [2.05, 4.69) is 20.4 Å². The number of benzene rings is 1. The van der Waals surface area contributed by atoms with Crippen LogP contribution in [0.25, 0.3) is 11.1 Å². The Balaban J connectivity index is 1.36. The first-order chi connectivity index (χ1) is 16.2. The van der Waals surface area contributed by atoms with E-state index in [-0.39, 0.29) is 12.1 Å². The first-order valence-electron chi connectivity index (χ1n) is 11.0. The molecular weight excluding hydrogens is 454 g/mol. The third-order valence-corrected chi connectivity index (χ3v) is 5.74. The van der Waals surface area contributed by atoms with Crippen LogP contribution in [-0.4, -0.2) is 49.4 Å². The number of carbonyl (C=O) groups is 1. The molecule has 176 valence electrons.